The van der Waals surface area contributed by atoms with Crippen molar-refractivity contribution in [1.29, 1.82) is 0 Å². The number of aryl methyl sites for hydroxylation is 1. The number of hydrogen-bond donors (Lipinski definition) is 0. The van der Waals surface area contributed by atoms with Gasteiger partial charge in [-0.15, -0.1) is 0 Å². The first-order valence-corrected chi connectivity index (χ1v) is 9.02. The monoisotopic (exact) mass is 346 g/mol. The zero-order chi connectivity index (χ0) is 16.8. The lowest BCUT2D eigenvalue weighted by Gasteiger charge is -2.45. The van der Waals surface area contributed by atoms with E-state index in [0.717, 1.165) is 19.0 Å². The highest BCUT2D eigenvalue weighted by Crippen LogP contribution is 2.30. The molecule has 0 aromatic heterocycles. The lowest BCUT2D eigenvalue weighted by Crippen LogP contribution is -2.60. The predicted octanol–water partition coefficient (Wildman–Crippen LogP) is 1.37. The molecule has 2 atom stereocenters. The number of ether oxygens (including phenoxy) is 1. The first-order chi connectivity index (χ1) is 10.8. The van der Waals surface area contributed by atoms with E-state index in [0.29, 0.717) is 12.6 Å². The Labute approximate surface area is 134 Å². The van der Waals surface area contributed by atoms with E-state index >= 15 is 0 Å². The molecule has 2 heterocycles. The molecule has 1 aromatic rings. The Hall–Kier alpha value is -1.09. The molecular weight excluding hydrogens is 326 g/mol. The summed E-state index contributed by atoms with van der Waals surface area (Å²) in [6.45, 7) is 3.24. The van der Waals surface area contributed by atoms with Crippen molar-refractivity contribution >= 4 is 10.0 Å². The maximum Gasteiger partial charge on any atom is 0.246 e. The normalized spacial score (nSPS) is 27.0. The van der Waals surface area contributed by atoms with Crippen molar-refractivity contribution in [2.45, 2.75) is 30.4 Å². The Kier molecular flexibility index (Phi) is 4.43. The van der Waals surface area contributed by atoms with Gasteiger partial charge in [-0.2, -0.15) is 4.31 Å². The van der Waals surface area contributed by atoms with E-state index in [9.17, 15) is 17.2 Å². The largest absolute Gasteiger partial charge is 0.375 e. The third-order valence-corrected chi connectivity index (χ3v) is 6.48. The van der Waals surface area contributed by atoms with Crippen molar-refractivity contribution in [3.63, 3.8) is 0 Å². The molecule has 2 fully saturated rings. The zero-order valence-electron chi connectivity index (χ0n) is 13.1. The van der Waals surface area contributed by atoms with Gasteiger partial charge >= 0.3 is 0 Å². The van der Waals surface area contributed by atoms with Crippen molar-refractivity contribution in [1.82, 2.24) is 9.21 Å². The van der Waals surface area contributed by atoms with Crippen LogP contribution in [0.3, 0.4) is 0 Å². The van der Waals surface area contributed by atoms with Crippen LogP contribution in [0, 0.1) is 18.6 Å². The molecule has 3 rings (SSSR count). The van der Waals surface area contributed by atoms with E-state index in [1.165, 1.54) is 11.2 Å². The second-order valence-corrected chi connectivity index (χ2v) is 8.03. The number of halogens is 2. The molecule has 128 valence electrons. The van der Waals surface area contributed by atoms with Gasteiger partial charge in [0.25, 0.3) is 0 Å². The minimum atomic E-state index is -4.04. The molecule has 0 amide bonds. The van der Waals surface area contributed by atoms with Crippen molar-refractivity contribution < 1.29 is 21.9 Å². The standard InChI is InChI=1S/C15H20F2N2O3S/c1-10-7-15(12(17)8-11(10)16)23(20,21)19-5-6-22-14-3-4-18(2)9-13(14)19/h7-8,13-14H,3-6,9H2,1-2H3/t13-,14+/m1/s1. The molecule has 23 heavy (non-hydrogen) atoms. The molecule has 0 N–H and O–H groups in total. The summed E-state index contributed by atoms with van der Waals surface area (Å²) < 4.78 is 60.4. The van der Waals surface area contributed by atoms with Gasteiger partial charge in [-0.05, 0) is 32.0 Å². The highest BCUT2D eigenvalue weighted by Gasteiger charge is 2.43. The molecule has 8 heteroatoms. The summed E-state index contributed by atoms with van der Waals surface area (Å²) >= 11 is 0. The second kappa shape index (κ2) is 6.08. The fourth-order valence-electron chi connectivity index (χ4n) is 3.25. The van der Waals surface area contributed by atoms with Crippen LogP contribution in [-0.2, 0) is 14.8 Å². The first-order valence-electron chi connectivity index (χ1n) is 7.58. The van der Waals surface area contributed by atoms with Crippen LogP contribution in [0.2, 0.25) is 0 Å². The smallest absolute Gasteiger partial charge is 0.246 e. The molecule has 0 saturated carbocycles. The van der Waals surface area contributed by atoms with Crippen molar-refractivity contribution in [2.24, 2.45) is 0 Å². The first kappa shape index (κ1) is 16.8. The molecule has 0 aliphatic carbocycles. The summed E-state index contributed by atoms with van der Waals surface area (Å²) in [5.74, 6) is -1.81. The molecule has 0 spiro atoms. The third kappa shape index (κ3) is 3.00. The van der Waals surface area contributed by atoms with Crippen LogP contribution in [0.4, 0.5) is 8.78 Å². The Morgan fingerprint density at radius 1 is 1.22 bits per heavy atom. The van der Waals surface area contributed by atoms with E-state index < -0.39 is 26.6 Å². The third-order valence-electron chi connectivity index (χ3n) is 4.54. The Bertz CT molecular complexity index is 711. The Balaban J connectivity index is 2.00. The molecule has 1 aromatic carbocycles. The molecule has 2 saturated heterocycles. The van der Waals surface area contributed by atoms with E-state index in [2.05, 4.69) is 0 Å². The summed E-state index contributed by atoms with van der Waals surface area (Å²) in [5, 5.41) is 0. The molecule has 0 radical (unpaired) electrons. The number of morpholine rings is 1. The van der Waals surface area contributed by atoms with Gasteiger partial charge in [-0.1, -0.05) is 0 Å². The number of sulfonamides is 1. The Morgan fingerprint density at radius 2 is 1.96 bits per heavy atom. The Morgan fingerprint density at radius 3 is 2.70 bits per heavy atom. The number of piperidine rings is 1. The maximum atomic E-state index is 14.1. The van der Waals surface area contributed by atoms with Gasteiger partial charge in [0.15, 0.2) is 0 Å². The average Bonchev–Trinajstić information content (AvgIpc) is 2.50. The predicted molar refractivity (Wildman–Crippen MR) is 80.6 cm³/mol. The molecule has 0 bridgehead atoms. The van der Waals surface area contributed by atoms with Crippen LogP contribution < -0.4 is 0 Å². The lowest BCUT2D eigenvalue weighted by molar-refractivity contribution is -0.0720. The zero-order valence-corrected chi connectivity index (χ0v) is 13.9. The average molecular weight is 346 g/mol. The van der Waals surface area contributed by atoms with Crippen LogP contribution in [0.5, 0.6) is 0 Å². The maximum absolute atomic E-state index is 14.1. The van der Waals surface area contributed by atoms with Gasteiger partial charge in [-0.25, -0.2) is 17.2 Å². The number of likely N-dealkylation sites (tertiary alicyclic amines) is 1. The van der Waals surface area contributed by atoms with Gasteiger partial charge < -0.3 is 9.64 Å². The molecule has 5 nitrogen and oxygen atoms in total. The van der Waals surface area contributed by atoms with Gasteiger partial charge in [0.1, 0.15) is 16.5 Å². The number of hydrogen-bond acceptors (Lipinski definition) is 4. The van der Waals surface area contributed by atoms with Crippen LogP contribution in [0.1, 0.15) is 12.0 Å². The van der Waals surface area contributed by atoms with Gasteiger partial charge in [-0.3, -0.25) is 0 Å². The minimum absolute atomic E-state index is 0.107. The van der Waals surface area contributed by atoms with Crippen molar-refractivity contribution in [3.8, 4) is 0 Å². The van der Waals surface area contributed by atoms with Gasteiger partial charge in [0.05, 0.1) is 18.8 Å². The van der Waals surface area contributed by atoms with Gasteiger partial charge in [0.2, 0.25) is 10.0 Å². The molecular formula is C15H20F2N2O3S. The molecule has 2 aliphatic rings. The topological polar surface area (TPSA) is 49.9 Å². The number of likely N-dealkylation sites (N-methyl/N-ethyl adjacent to an activating group) is 1. The fraction of sp³-hybridized carbons (Fsp3) is 0.600. The van der Waals surface area contributed by atoms with E-state index in [4.69, 9.17) is 4.74 Å². The minimum Gasteiger partial charge on any atom is -0.375 e. The number of fused-ring (bicyclic) bond motifs is 1. The quantitative estimate of drug-likeness (QED) is 0.812. The van der Waals surface area contributed by atoms with Crippen molar-refractivity contribution in [2.75, 3.05) is 33.3 Å². The molecule has 0 unspecified atom stereocenters. The van der Waals surface area contributed by atoms with Crippen LogP contribution in [0.15, 0.2) is 17.0 Å². The highest BCUT2D eigenvalue weighted by atomic mass is 32.2. The van der Waals surface area contributed by atoms with E-state index in [-0.39, 0.29) is 30.9 Å². The summed E-state index contributed by atoms with van der Waals surface area (Å²) in [7, 11) is -2.13. The van der Waals surface area contributed by atoms with E-state index in [1.807, 2.05) is 11.9 Å². The van der Waals surface area contributed by atoms with Crippen molar-refractivity contribution in [3.05, 3.63) is 29.3 Å². The number of nitrogens with zero attached hydrogens (tertiary/aromatic N) is 2. The molecule has 2 aliphatic heterocycles. The van der Waals surface area contributed by atoms with Gasteiger partial charge in [0, 0.05) is 25.7 Å². The van der Waals surface area contributed by atoms with Crippen LogP contribution in [0.25, 0.3) is 0 Å². The highest BCUT2D eigenvalue weighted by molar-refractivity contribution is 7.89. The summed E-state index contributed by atoms with van der Waals surface area (Å²) in [5.41, 5.74) is 0.107. The van der Waals surface area contributed by atoms with Crippen LogP contribution in [-0.4, -0.2) is 63.1 Å². The fourth-order valence-corrected chi connectivity index (χ4v) is 5.01. The summed E-state index contributed by atoms with van der Waals surface area (Å²) in [6, 6.07) is 1.35. The SMILES string of the molecule is Cc1cc(S(=O)(=O)N2CCO[C@H]3CCN(C)C[C@H]32)c(F)cc1F. The van der Waals surface area contributed by atoms with Crippen LogP contribution >= 0.6 is 0 Å². The summed E-state index contributed by atoms with van der Waals surface area (Å²) in [4.78, 5) is 1.57. The second-order valence-electron chi connectivity index (χ2n) is 6.18. The summed E-state index contributed by atoms with van der Waals surface area (Å²) in [6.07, 6.45) is 0.553. The lowest BCUT2D eigenvalue weighted by atomic mass is 10.0. The number of benzene rings is 1. The number of rotatable bonds is 2. The van der Waals surface area contributed by atoms with E-state index in [1.54, 1.807) is 0 Å².